The van der Waals surface area contributed by atoms with E-state index in [1.165, 1.54) is 0 Å². The van der Waals surface area contributed by atoms with Gasteiger partial charge in [-0.15, -0.1) is 0 Å². The highest BCUT2D eigenvalue weighted by Crippen LogP contribution is 2.22. The van der Waals surface area contributed by atoms with Crippen molar-refractivity contribution in [3.8, 4) is 0 Å². The van der Waals surface area contributed by atoms with Crippen LogP contribution in [0.25, 0.3) is 0 Å². The number of nitrogens with two attached hydrogens (primary N) is 1. The van der Waals surface area contributed by atoms with E-state index in [9.17, 15) is 0 Å². The second kappa shape index (κ2) is 4.97. The maximum Gasteiger partial charge on any atom is 0.132 e. The Morgan fingerprint density at radius 3 is 2.53 bits per heavy atom. The van der Waals surface area contributed by atoms with Crippen LogP contribution in [0.2, 0.25) is 0 Å². The fourth-order valence-electron chi connectivity index (χ4n) is 1.68. The second-order valence-electron chi connectivity index (χ2n) is 4.13. The van der Waals surface area contributed by atoms with Crippen molar-refractivity contribution in [1.82, 2.24) is 4.98 Å². The molecular weight excluding hydrogens is 210 g/mol. The topological polar surface area (TPSA) is 42.1 Å². The summed E-state index contributed by atoms with van der Waals surface area (Å²) in [5.74, 6) is 0.908. The second-order valence-corrected chi connectivity index (χ2v) is 4.13. The fourth-order valence-corrected chi connectivity index (χ4v) is 1.68. The highest BCUT2D eigenvalue weighted by atomic mass is 15.2. The molecule has 0 saturated heterocycles. The number of nitrogens with zero attached hydrogens (tertiary/aromatic N) is 2. The van der Waals surface area contributed by atoms with Crippen LogP contribution in [0.4, 0.5) is 11.5 Å². The average Bonchev–Trinajstić information content (AvgIpc) is 2.39. The Morgan fingerprint density at radius 2 is 1.88 bits per heavy atom. The summed E-state index contributed by atoms with van der Waals surface area (Å²) in [7, 11) is 2.00. The smallest absolute Gasteiger partial charge is 0.132 e. The molecule has 1 atom stereocenters. The first-order chi connectivity index (χ1) is 8.18. The number of anilines is 2. The maximum atomic E-state index is 5.88. The van der Waals surface area contributed by atoms with Crippen molar-refractivity contribution >= 4 is 11.5 Å². The third kappa shape index (κ3) is 2.63. The zero-order chi connectivity index (χ0) is 12.3. The molecule has 0 aliphatic rings. The first-order valence-electron chi connectivity index (χ1n) is 5.69. The van der Waals surface area contributed by atoms with Crippen LogP contribution in [0.15, 0.2) is 48.7 Å². The molecule has 3 nitrogen and oxygen atoms in total. The van der Waals surface area contributed by atoms with Gasteiger partial charge in [-0.1, -0.05) is 18.2 Å². The van der Waals surface area contributed by atoms with Gasteiger partial charge in [-0.05, 0) is 36.8 Å². The van der Waals surface area contributed by atoms with Crippen molar-refractivity contribution in [1.29, 1.82) is 0 Å². The molecule has 0 spiro atoms. The van der Waals surface area contributed by atoms with E-state index in [0.29, 0.717) is 0 Å². The number of rotatable bonds is 3. The summed E-state index contributed by atoms with van der Waals surface area (Å²) in [6.07, 6.45) is 1.80. The summed E-state index contributed by atoms with van der Waals surface area (Å²) in [4.78, 5) is 6.42. The standard InChI is InChI=1S/C14H17N3/c1-11(15)12-8-9-16-14(10-12)17(2)13-6-4-3-5-7-13/h3-11H,15H2,1-2H3/t11-/m0/s1. The Balaban J connectivity index is 2.31. The summed E-state index contributed by atoms with van der Waals surface area (Å²) in [5.41, 5.74) is 8.08. The van der Waals surface area contributed by atoms with Gasteiger partial charge < -0.3 is 10.6 Å². The molecular formula is C14H17N3. The summed E-state index contributed by atoms with van der Waals surface area (Å²) in [6.45, 7) is 1.97. The van der Waals surface area contributed by atoms with Gasteiger partial charge in [-0.3, -0.25) is 0 Å². The third-order valence-electron chi connectivity index (χ3n) is 2.78. The van der Waals surface area contributed by atoms with E-state index < -0.39 is 0 Å². The summed E-state index contributed by atoms with van der Waals surface area (Å²) >= 11 is 0. The molecule has 0 fully saturated rings. The molecule has 1 aromatic carbocycles. The lowest BCUT2D eigenvalue weighted by atomic mass is 10.1. The van der Waals surface area contributed by atoms with Crippen LogP contribution in [-0.4, -0.2) is 12.0 Å². The minimum Gasteiger partial charge on any atom is -0.329 e. The van der Waals surface area contributed by atoms with Crippen LogP contribution in [-0.2, 0) is 0 Å². The van der Waals surface area contributed by atoms with Gasteiger partial charge in [0.05, 0.1) is 0 Å². The van der Waals surface area contributed by atoms with E-state index in [4.69, 9.17) is 5.73 Å². The molecule has 2 aromatic rings. The molecule has 0 unspecified atom stereocenters. The van der Waals surface area contributed by atoms with Crippen LogP contribution >= 0.6 is 0 Å². The Bertz CT molecular complexity index is 480. The van der Waals surface area contributed by atoms with Gasteiger partial charge in [0.25, 0.3) is 0 Å². The van der Waals surface area contributed by atoms with Gasteiger partial charge in [-0.2, -0.15) is 0 Å². The molecule has 1 heterocycles. The fraction of sp³-hybridized carbons (Fsp3) is 0.214. The number of benzene rings is 1. The zero-order valence-corrected chi connectivity index (χ0v) is 10.2. The maximum absolute atomic E-state index is 5.88. The molecule has 0 radical (unpaired) electrons. The minimum atomic E-state index is 0.0286. The highest BCUT2D eigenvalue weighted by Gasteiger charge is 2.07. The molecule has 3 heteroatoms. The van der Waals surface area contributed by atoms with Gasteiger partial charge in [0.2, 0.25) is 0 Å². The van der Waals surface area contributed by atoms with E-state index in [-0.39, 0.29) is 6.04 Å². The summed E-state index contributed by atoms with van der Waals surface area (Å²) < 4.78 is 0. The van der Waals surface area contributed by atoms with Crippen LogP contribution < -0.4 is 10.6 Å². The molecule has 2 rings (SSSR count). The van der Waals surface area contributed by atoms with E-state index >= 15 is 0 Å². The molecule has 0 aliphatic carbocycles. The van der Waals surface area contributed by atoms with Gasteiger partial charge in [-0.25, -0.2) is 4.98 Å². The number of aromatic nitrogens is 1. The van der Waals surface area contributed by atoms with E-state index in [1.807, 2.05) is 49.2 Å². The Hall–Kier alpha value is -1.87. The molecule has 0 amide bonds. The van der Waals surface area contributed by atoms with Gasteiger partial charge in [0.15, 0.2) is 0 Å². The van der Waals surface area contributed by atoms with Crippen molar-refractivity contribution in [2.75, 3.05) is 11.9 Å². The van der Waals surface area contributed by atoms with Gasteiger partial charge >= 0.3 is 0 Å². The van der Waals surface area contributed by atoms with Crippen molar-refractivity contribution < 1.29 is 0 Å². The SMILES string of the molecule is C[C@H](N)c1ccnc(N(C)c2ccccc2)c1. The summed E-state index contributed by atoms with van der Waals surface area (Å²) in [5, 5.41) is 0. The highest BCUT2D eigenvalue weighted by molar-refractivity contribution is 5.59. The molecule has 0 aliphatic heterocycles. The molecule has 0 bridgehead atoms. The first-order valence-corrected chi connectivity index (χ1v) is 5.69. The van der Waals surface area contributed by atoms with E-state index in [1.54, 1.807) is 6.20 Å². The molecule has 2 N–H and O–H groups in total. The van der Waals surface area contributed by atoms with Gasteiger partial charge in [0, 0.05) is 25.0 Å². The predicted octanol–water partition coefficient (Wildman–Crippen LogP) is 2.87. The quantitative estimate of drug-likeness (QED) is 0.876. The van der Waals surface area contributed by atoms with Crippen molar-refractivity contribution in [2.45, 2.75) is 13.0 Å². The van der Waals surface area contributed by atoms with Crippen LogP contribution in [0, 0.1) is 0 Å². The van der Waals surface area contributed by atoms with Crippen LogP contribution in [0.1, 0.15) is 18.5 Å². The Labute approximate surface area is 102 Å². The Morgan fingerprint density at radius 1 is 1.18 bits per heavy atom. The monoisotopic (exact) mass is 227 g/mol. The van der Waals surface area contributed by atoms with Crippen LogP contribution in [0.3, 0.4) is 0 Å². The third-order valence-corrected chi connectivity index (χ3v) is 2.78. The number of pyridine rings is 1. The van der Waals surface area contributed by atoms with Crippen molar-refractivity contribution in [3.05, 3.63) is 54.2 Å². The lowest BCUT2D eigenvalue weighted by molar-refractivity contribution is 0.814. The van der Waals surface area contributed by atoms with Crippen molar-refractivity contribution in [3.63, 3.8) is 0 Å². The average molecular weight is 227 g/mol. The molecule has 88 valence electrons. The summed E-state index contributed by atoms with van der Waals surface area (Å²) in [6, 6.07) is 14.2. The van der Waals surface area contributed by atoms with E-state index in [2.05, 4.69) is 17.1 Å². The lowest BCUT2D eigenvalue weighted by Gasteiger charge is -2.19. The lowest BCUT2D eigenvalue weighted by Crippen LogP contribution is -2.12. The Kier molecular flexibility index (Phi) is 3.40. The normalized spacial score (nSPS) is 12.2. The van der Waals surface area contributed by atoms with E-state index in [0.717, 1.165) is 17.1 Å². The zero-order valence-electron chi connectivity index (χ0n) is 10.2. The van der Waals surface area contributed by atoms with Crippen LogP contribution in [0.5, 0.6) is 0 Å². The largest absolute Gasteiger partial charge is 0.329 e. The number of para-hydroxylation sites is 1. The molecule has 0 saturated carbocycles. The predicted molar refractivity (Wildman–Crippen MR) is 71.3 cm³/mol. The number of hydrogen-bond donors (Lipinski definition) is 1. The minimum absolute atomic E-state index is 0.0286. The van der Waals surface area contributed by atoms with Gasteiger partial charge in [0.1, 0.15) is 5.82 Å². The molecule has 1 aromatic heterocycles. The molecule has 17 heavy (non-hydrogen) atoms. The van der Waals surface area contributed by atoms with Crippen molar-refractivity contribution in [2.24, 2.45) is 5.73 Å². The number of hydrogen-bond acceptors (Lipinski definition) is 3. The first kappa shape index (κ1) is 11.6.